The lowest BCUT2D eigenvalue weighted by Gasteiger charge is -2.24. The van der Waals surface area contributed by atoms with Crippen molar-refractivity contribution >= 4 is 16.9 Å². The first kappa shape index (κ1) is 21.4. The molecule has 1 aliphatic rings. The summed E-state index contributed by atoms with van der Waals surface area (Å²) in [6, 6.07) is 10.2. The molecule has 0 saturated heterocycles. The molecule has 1 amide bonds. The van der Waals surface area contributed by atoms with E-state index in [9.17, 15) is 9.59 Å². The van der Waals surface area contributed by atoms with E-state index in [1.54, 1.807) is 35.3 Å². The van der Waals surface area contributed by atoms with Crippen molar-refractivity contribution in [3.05, 3.63) is 94.4 Å². The Morgan fingerprint density at radius 1 is 1.06 bits per heavy atom. The quantitative estimate of drug-likeness (QED) is 0.480. The van der Waals surface area contributed by atoms with Crippen molar-refractivity contribution in [1.82, 2.24) is 4.90 Å². The van der Waals surface area contributed by atoms with Crippen LogP contribution in [0, 0.1) is 6.92 Å². The Kier molecular flexibility index (Phi) is 5.86. The molecule has 0 fully saturated rings. The van der Waals surface area contributed by atoms with Gasteiger partial charge in [0, 0.05) is 6.54 Å². The Morgan fingerprint density at radius 2 is 1.88 bits per heavy atom. The zero-order valence-corrected chi connectivity index (χ0v) is 18.2. The molecule has 2 heterocycles. The van der Waals surface area contributed by atoms with Gasteiger partial charge in [-0.25, -0.2) is 0 Å². The second-order valence-electron chi connectivity index (χ2n) is 7.56. The second kappa shape index (κ2) is 8.75. The van der Waals surface area contributed by atoms with Gasteiger partial charge in [0.25, 0.3) is 5.91 Å². The predicted molar refractivity (Wildman–Crippen MR) is 124 cm³/mol. The van der Waals surface area contributed by atoms with Crippen molar-refractivity contribution in [2.24, 2.45) is 0 Å². The van der Waals surface area contributed by atoms with E-state index in [4.69, 9.17) is 13.9 Å². The highest BCUT2D eigenvalue weighted by Gasteiger charge is 2.42. The molecule has 3 aromatic rings. The fourth-order valence-corrected chi connectivity index (χ4v) is 4.04. The summed E-state index contributed by atoms with van der Waals surface area (Å²) in [5.74, 6) is 0.835. The van der Waals surface area contributed by atoms with Crippen LogP contribution in [0.1, 0.15) is 40.2 Å². The van der Waals surface area contributed by atoms with Crippen molar-refractivity contribution in [2.75, 3.05) is 19.8 Å². The summed E-state index contributed by atoms with van der Waals surface area (Å²) in [6.07, 6.45) is 3.29. The number of carbonyl (C=O) groups is 1. The van der Waals surface area contributed by atoms with Gasteiger partial charge in [-0.15, -0.1) is 6.58 Å². The number of hydrogen-bond acceptors (Lipinski definition) is 5. The van der Waals surface area contributed by atoms with E-state index in [0.29, 0.717) is 41.2 Å². The second-order valence-corrected chi connectivity index (χ2v) is 7.56. The van der Waals surface area contributed by atoms with Gasteiger partial charge in [-0.2, -0.15) is 0 Å². The fraction of sp³-hybridized carbons (Fsp3) is 0.231. The van der Waals surface area contributed by atoms with Crippen LogP contribution in [0.4, 0.5) is 0 Å². The average Bonchev–Trinajstić information content (AvgIpc) is 3.06. The number of nitrogens with zero attached hydrogens (tertiary/aromatic N) is 1. The Labute approximate surface area is 186 Å². The molecular formula is C26H25NO5. The number of hydrogen-bond donors (Lipinski definition) is 0. The van der Waals surface area contributed by atoms with Gasteiger partial charge in [-0.1, -0.05) is 36.4 Å². The third-order valence-electron chi connectivity index (χ3n) is 5.39. The van der Waals surface area contributed by atoms with Gasteiger partial charge in [-0.3, -0.25) is 9.59 Å². The lowest BCUT2D eigenvalue weighted by Crippen LogP contribution is -2.29. The first-order valence-corrected chi connectivity index (χ1v) is 10.5. The molecule has 1 aliphatic heterocycles. The molecule has 0 spiro atoms. The van der Waals surface area contributed by atoms with Crippen molar-refractivity contribution in [1.29, 1.82) is 0 Å². The maximum atomic E-state index is 13.5. The van der Waals surface area contributed by atoms with Crippen LogP contribution in [0.3, 0.4) is 0 Å². The fourth-order valence-electron chi connectivity index (χ4n) is 4.04. The van der Waals surface area contributed by atoms with Gasteiger partial charge >= 0.3 is 0 Å². The highest BCUT2D eigenvalue weighted by molar-refractivity contribution is 5.99. The molecule has 1 atom stereocenters. The van der Waals surface area contributed by atoms with Crippen LogP contribution in [0.5, 0.6) is 11.5 Å². The van der Waals surface area contributed by atoms with Crippen LogP contribution in [0.15, 0.2) is 70.9 Å². The van der Waals surface area contributed by atoms with Gasteiger partial charge < -0.3 is 18.8 Å². The number of amides is 1. The molecule has 0 saturated carbocycles. The third kappa shape index (κ3) is 3.58. The molecule has 164 valence electrons. The standard InChI is InChI=1S/C26H25NO5/c1-5-12-27-23(17-9-11-20(31-13-6-2)21(15-17)30-7-3)22-24(28)18-14-16(4)8-10-19(18)32-25(22)26(27)29/h5-6,8-11,14-15,23H,1-2,7,12-13H2,3-4H3/t23-/m0/s1. The molecule has 0 aliphatic carbocycles. The van der Waals surface area contributed by atoms with Gasteiger partial charge in [-0.05, 0) is 43.7 Å². The minimum absolute atomic E-state index is 0.0724. The van der Waals surface area contributed by atoms with Crippen molar-refractivity contribution in [2.45, 2.75) is 19.9 Å². The SMILES string of the molecule is C=CCOc1ccc([C@H]2c3c(oc4ccc(C)cc4c3=O)C(=O)N2CC=C)cc1OCC. The molecule has 1 aromatic heterocycles. The van der Waals surface area contributed by atoms with Crippen molar-refractivity contribution in [3.63, 3.8) is 0 Å². The molecule has 6 heteroatoms. The van der Waals surface area contributed by atoms with E-state index >= 15 is 0 Å². The summed E-state index contributed by atoms with van der Waals surface area (Å²) < 4.78 is 17.4. The molecule has 0 N–H and O–H groups in total. The maximum absolute atomic E-state index is 13.5. The largest absolute Gasteiger partial charge is 0.490 e. The molecule has 6 nitrogen and oxygen atoms in total. The highest BCUT2D eigenvalue weighted by Crippen LogP contribution is 2.41. The van der Waals surface area contributed by atoms with Gasteiger partial charge in [0.2, 0.25) is 5.76 Å². The lowest BCUT2D eigenvalue weighted by molar-refractivity contribution is 0.0748. The van der Waals surface area contributed by atoms with Gasteiger partial charge in [0.05, 0.1) is 23.6 Å². The van der Waals surface area contributed by atoms with Crippen LogP contribution < -0.4 is 14.9 Å². The number of carbonyl (C=O) groups excluding carboxylic acids is 1. The Hall–Kier alpha value is -3.80. The summed E-state index contributed by atoms with van der Waals surface area (Å²) in [5, 5.41) is 0.456. The minimum Gasteiger partial charge on any atom is -0.490 e. The number of ether oxygens (including phenoxy) is 2. The monoisotopic (exact) mass is 431 g/mol. The Morgan fingerprint density at radius 3 is 2.59 bits per heavy atom. The van der Waals surface area contributed by atoms with Crippen LogP contribution in [0.25, 0.3) is 11.0 Å². The molecule has 0 radical (unpaired) electrons. The molecular weight excluding hydrogens is 406 g/mol. The minimum atomic E-state index is -0.621. The normalized spacial score (nSPS) is 15.0. The summed E-state index contributed by atoms with van der Waals surface area (Å²) >= 11 is 0. The van der Waals surface area contributed by atoms with Crippen molar-refractivity contribution in [3.8, 4) is 11.5 Å². The third-order valence-corrected chi connectivity index (χ3v) is 5.39. The summed E-state index contributed by atoms with van der Waals surface area (Å²) in [4.78, 5) is 28.4. The molecule has 0 unspecified atom stereocenters. The van der Waals surface area contributed by atoms with E-state index in [1.807, 2.05) is 32.0 Å². The van der Waals surface area contributed by atoms with Gasteiger partial charge in [0.1, 0.15) is 12.2 Å². The average molecular weight is 431 g/mol. The summed E-state index contributed by atoms with van der Waals surface area (Å²) in [5.41, 5.74) is 2.19. The van der Waals surface area contributed by atoms with E-state index in [0.717, 1.165) is 11.1 Å². The van der Waals surface area contributed by atoms with Crippen molar-refractivity contribution < 1.29 is 18.7 Å². The number of fused-ring (bicyclic) bond motifs is 2. The van der Waals surface area contributed by atoms with E-state index in [2.05, 4.69) is 13.2 Å². The molecule has 2 aromatic carbocycles. The summed E-state index contributed by atoms with van der Waals surface area (Å²) in [6.45, 7) is 12.3. The number of rotatable bonds is 8. The van der Waals surface area contributed by atoms with Crippen LogP contribution in [-0.4, -0.2) is 30.6 Å². The predicted octanol–water partition coefficient (Wildman–Crippen LogP) is 4.80. The highest BCUT2D eigenvalue weighted by atomic mass is 16.5. The molecule has 32 heavy (non-hydrogen) atoms. The van der Waals surface area contributed by atoms with Crippen LogP contribution >= 0.6 is 0 Å². The smallest absolute Gasteiger partial charge is 0.291 e. The first-order chi connectivity index (χ1) is 15.5. The number of benzene rings is 2. The lowest BCUT2D eigenvalue weighted by atomic mass is 9.97. The molecule has 0 bridgehead atoms. The first-order valence-electron chi connectivity index (χ1n) is 10.5. The molecule has 4 rings (SSSR count). The Bertz CT molecular complexity index is 1270. The number of aryl methyl sites for hydroxylation is 1. The zero-order valence-electron chi connectivity index (χ0n) is 18.2. The maximum Gasteiger partial charge on any atom is 0.291 e. The topological polar surface area (TPSA) is 69.0 Å². The van der Waals surface area contributed by atoms with Gasteiger partial charge in [0.15, 0.2) is 16.9 Å². The summed E-state index contributed by atoms with van der Waals surface area (Å²) in [7, 11) is 0. The van der Waals surface area contributed by atoms with E-state index in [-0.39, 0.29) is 23.6 Å². The van der Waals surface area contributed by atoms with Crippen LogP contribution in [-0.2, 0) is 0 Å². The van der Waals surface area contributed by atoms with E-state index in [1.165, 1.54) is 0 Å². The van der Waals surface area contributed by atoms with E-state index < -0.39 is 6.04 Å². The van der Waals surface area contributed by atoms with Crippen LogP contribution in [0.2, 0.25) is 0 Å². The zero-order chi connectivity index (χ0) is 22.8. The Balaban J connectivity index is 1.92.